The summed E-state index contributed by atoms with van der Waals surface area (Å²) in [5.41, 5.74) is 6.17. The number of carbonyl (C=O) groups is 2. The molecule has 0 aliphatic heterocycles. The number of amides is 2. The molecule has 1 aromatic heterocycles. The molecule has 7 nitrogen and oxygen atoms in total. The average molecular weight is 342 g/mol. The molecule has 7 heteroatoms. The summed E-state index contributed by atoms with van der Waals surface area (Å²) < 4.78 is 6.62. The summed E-state index contributed by atoms with van der Waals surface area (Å²) in [7, 11) is 1.62. The van der Waals surface area contributed by atoms with E-state index in [1.165, 1.54) is 10.9 Å². The Hall–Kier alpha value is -2.83. The van der Waals surface area contributed by atoms with E-state index >= 15 is 0 Å². The van der Waals surface area contributed by atoms with Gasteiger partial charge in [-0.25, -0.2) is 0 Å². The number of nitrogens with one attached hydrogen (secondary N) is 1. The fourth-order valence-corrected chi connectivity index (χ4v) is 3.46. The van der Waals surface area contributed by atoms with Gasteiger partial charge in [0.2, 0.25) is 11.8 Å². The van der Waals surface area contributed by atoms with E-state index in [9.17, 15) is 9.59 Å². The first-order valence-corrected chi connectivity index (χ1v) is 8.30. The Bertz CT molecular complexity index is 761. The van der Waals surface area contributed by atoms with Gasteiger partial charge in [-0.3, -0.25) is 14.3 Å². The molecule has 25 heavy (non-hydrogen) atoms. The van der Waals surface area contributed by atoms with Crippen LogP contribution in [0.1, 0.15) is 31.2 Å². The van der Waals surface area contributed by atoms with Gasteiger partial charge in [0.15, 0.2) is 0 Å². The second-order valence-electron chi connectivity index (χ2n) is 6.36. The van der Waals surface area contributed by atoms with E-state index in [0.717, 1.165) is 37.0 Å². The summed E-state index contributed by atoms with van der Waals surface area (Å²) in [5, 5.41) is 6.98. The van der Waals surface area contributed by atoms with Gasteiger partial charge in [-0.1, -0.05) is 25.0 Å². The fraction of sp³-hybridized carbons (Fsp3) is 0.389. The topological polar surface area (TPSA) is 99.2 Å². The van der Waals surface area contributed by atoms with Crippen LogP contribution in [0.4, 0.5) is 5.69 Å². The van der Waals surface area contributed by atoms with Gasteiger partial charge in [0.1, 0.15) is 12.3 Å². The predicted octanol–water partition coefficient (Wildman–Crippen LogP) is 1.83. The molecule has 0 bridgehead atoms. The standard InChI is InChI=1S/C18H22N4O3/c1-25-15-6-4-13(5-7-15)18(8-2-3-9-18)17(24)21-14-10-20-22(11-14)12-16(19)23/h4-7,10-11H,2-3,8-9,12H2,1H3,(H2,19,23)(H,21,24). The largest absolute Gasteiger partial charge is 0.497 e. The molecule has 2 amide bonds. The predicted molar refractivity (Wildman–Crippen MR) is 93.2 cm³/mol. The Balaban J connectivity index is 1.81. The van der Waals surface area contributed by atoms with Gasteiger partial charge < -0.3 is 15.8 Å². The molecule has 1 aliphatic rings. The average Bonchev–Trinajstić information content (AvgIpc) is 3.25. The molecular weight excluding hydrogens is 320 g/mol. The maximum absolute atomic E-state index is 13.1. The van der Waals surface area contributed by atoms with Gasteiger partial charge in [0.25, 0.3) is 0 Å². The first-order chi connectivity index (χ1) is 12.0. The van der Waals surface area contributed by atoms with Crippen LogP contribution in [0.25, 0.3) is 0 Å². The zero-order valence-corrected chi connectivity index (χ0v) is 14.2. The third kappa shape index (κ3) is 3.50. The molecule has 0 atom stereocenters. The number of methoxy groups -OCH3 is 1. The number of rotatable bonds is 6. The lowest BCUT2D eigenvalue weighted by atomic mass is 9.78. The van der Waals surface area contributed by atoms with Gasteiger partial charge in [0, 0.05) is 6.20 Å². The monoisotopic (exact) mass is 342 g/mol. The number of aromatic nitrogens is 2. The highest BCUT2D eigenvalue weighted by atomic mass is 16.5. The normalized spacial score (nSPS) is 15.7. The van der Waals surface area contributed by atoms with E-state index in [-0.39, 0.29) is 12.5 Å². The van der Waals surface area contributed by atoms with Crippen LogP contribution in [0.15, 0.2) is 36.7 Å². The molecule has 132 valence electrons. The maximum atomic E-state index is 13.1. The van der Waals surface area contributed by atoms with Crippen LogP contribution in [0, 0.1) is 0 Å². The first-order valence-electron chi connectivity index (χ1n) is 8.30. The van der Waals surface area contributed by atoms with Crippen molar-refractivity contribution in [3.63, 3.8) is 0 Å². The second-order valence-corrected chi connectivity index (χ2v) is 6.36. The summed E-state index contributed by atoms with van der Waals surface area (Å²) in [6.45, 7) is -0.0144. The molecule has 0 spiro atoms. The molecule has 0 unspecified atom stereocenters. The van der Waals surface area contributed by atoms with Gasteiger partial charge in [-0.2, -0.15) is 5.10 Å². The van der Waals surface area contributed by atoms with Crippen LogP contribution >= 0.6 is 0 Å². The van der Waals surface area contributed by atoms with Crippen molar-refractivity contribution < 1.29 is 14.3 Å². The van der Waals surface area contributed by atoms with Crippen LogP contribution in [0.3, 0.4) is 0 Å². The van der Waals surface area contributed by atoms with E-state index in [2.05, 4.69) is 10.4 Å². The number of carbonyl (C=O) groups excluding carboxylic acids is 2. The highest BCUT2D eigenvalue weighted by Crippen LogP contribution is 2.42. The number of hydrogen-bond acceptors (Lipinski definition) is 4. The van der Waals surface area contributed by atoms with E-state index in [1.54, 1.807) is 13.3 Å². The summed E-state index contributed by atoms with van der Waals surface area (Å²) >= 11 is 0. The van der Waals surface area contributed by atoms with Crippen molar-refractivity contribution in [1.82, 2.24) is 9.78 Å². The molecule has 3 rings (SSSR count). The van der Waals surface area contributed by atoms with Crippen molar-refractivity contribution >= 4 is 17.5 Å². The van der Waals surface area contributed by atoms with Gasteiger partial charge in [0.05, 0.1) is 24.4 Å². The number of anilines is 1. The fourth-order valence-electron chi connectivity index (χ4n) is 3.46. The van der Waals surface area contributed by atoms with Crippen molar-refractivity contribution in [1.29, 1.82) is 0 Å². The number of hydrogen-bond donors (Lipinski definition) is 2. The Kier molecular flexibility index (Phi) is 4.74. The third-order valence-electron chi connectivity index (χ3n) is 4.74. The SMILES string of the molecule is COc1ccc(C2(C(=O)Nc3cnn(CC(N)=O)c3)CCCC2)cc1. The molecule has 0 saturated heterocycles. The molecule has 3 N–H and O–H groups in total. The molecule has 1 saturated carbocycles. The van der Waals surface area contributed by atoms with Crippen molar-refractivity contribution in [3.05, 3.63) is 42.2 Å². The number of primary amides is 1. The van der Waals surface area contributed by atoms with Crippen LogP contribution in [0.5, 0.6) is 5.75 Å². The van der Waals surface area contributed by atoms with E-state index in [1.807, 2.05) is 24.3 Å². The van der Waals surface area contributed by atoms with E-state index in [4.69, 9.17) is 10.5 Å². The Labute approximate surface area is 146 Å². The lowest BCUT2D eigenvalue weighted by Gasteiger charge is -2.28. The Morgan fingerprint density at radius 2 is 1.96 bits per heavy atom. The Morgan fingerprint density at radius 1 is 1.28 bits per heavy atom. The lowest BCUT2D eigenvalue weighted by molar-refractivity contribution is -0.121. The highest BCUT2D eigenvalue weighted by molar-refractivity contribution is 5.99. The molecule has 0 radical (unpaired) electrons. The number of nitrogens with zero attached hydrogens (tertiary/aromatic N) is 2. The molecule has 1 heterocycles. The lowest BCUT2D eigenvalue weighted by Crippen LogP contribution is -2.37. The summed E-state index contributed by atoms with van der Waals surface area (Å²) in [6, 6.07) is 7.68. The van der Waals surface area contributed by atoms with Crippen molar-refractivity contribution in [2.24, 2.45) is 5.73 Å². The van der Waals surface area contributed by atoms with Crippen molar-refractivity contribution in [2.75, 3.05) is 12.4 Å². The minimum Gasteiger partial charge on any atom is -0.497 e. The summed E-state index contributed by atoms with van der Waals surface area (Å²) in [5.74, 6) is 0.241. The minimum atomic E-state index is -0.544. The van der Waals surface area contributed by atoms with Crippen LogP contribution in [-0.2, 0) is 21.5 Å². The highest BCUT2D eigenvalue weighted by Gasteiger charge is 2.42. The third-order valence-corrected chi connectivity index (χ3v) is 4.74. The van der Waals surface area contributed by atoms with Gasteiger partial charge in [-0.05, 0) is 30.5 Å². The molecule has 1 fully saturated rings. The smallest absolute Gasteiger partial charge is 0.239 e. The number of benzene rings is 1. The van der Waals surface area contributed by atoms with Crippen LogP contribution < -0.4 is 15.8 Å². The number of nitrogens with two attached hydrogens (primary N) is 1. The minimum absolute atomic E-state index is 0.0144. The van der Waals surface area contributed by atoms with Crippen molar-refractivity contribution in [3.8, 4) is 5.75 Å². The molecular formula is C18H22N4O3. The zero-order chi connectivity index (χ0) is 17.9. The van der Waals surface area contributed by atoms with Gasteiger partial charge in [-0.15, -0.1) is 0 Å². The summed E-state index contributed by atoms with van der Waals surface area (Å²) in [6.07, 6.45) is 6.78. The number of ether oxygens (including phenoxy) is 1. The van der Waals surface area contributed by atoms with Crippen molar-refractivity contribution in [2.45, 2.75) is 37.6 Å². The first kappa shape index (κ1) is 17.0. The quantitative estimate of drug-likeness (QED) is 0.836. The molecule has 2 aromatic rings. The summed E-state index contributed by atoms with van der Waals surface area (Å²) in [4.78, 5) is 24.0. The Morgan fingerprint density at radius 3 is 2.56 bits per heavy atom. The van der Waals surface area contributed by atoms with Crippen LogP contribution in [0.2, 0.25) is 0 Å². The second kappa shape index (κ2) is 6.96. The zero-order valence-electron chi connectivity index (χ0n) is 14.2. The molecule has 1 aliphatic carbocycles. The van der Waals surface area contributed by atoms with E-state index in [0.29, 0.717) is 5.69 Å². The maximum Gasteiger partial charge on any atom is 0.239 e. The van der Waals surface area contributed by atoms with E-state index < -0.39 is 11.3 Å². The van der Waals surface area contributed by atoms with Crippen LogP contribution in [-0.4, -0.2) is 28.7 Å². The van der Waals surface area contributed by atoms with Gasteiger partial charge >= 0.3 is 0 Å². The molecule has 1 aromatic carbocycles.